The fraction of sp³-hybridized carbons (Fsp3) is 0.500. The van der Waals surface area contributed by atoms with Crippen LogP contribution in [0.2, 0.25) is 0 Å². The van der Waals surface area contributed by atoms with Crippen molar-refractivity contribution in [1.82, 2.24) is 0 Å². The molecule has 1 aromatic rings. The van der Waals surface area contributed by atoms with E-state index in [0.717, 1.165) is 5.56 Å². The molecule has 4 nitrogen and oxygen atoms in total. The second-order valence-corrected chi connectivity index (χ2v) is 5.87. The van der Waals surface area contributed by atoms with E-state index in [9.17, 15) is 9.36 Å². The van der Waals surface area contributed by atoms with Crippen LogP contribution in [0.3, 0.4) is 0 Å². The van der Waals surface area contributed by atoms with Crippen molar-refractivity contribution in [3.05, 3.63) is 35.9 Å². The van der Waals surface area contributed by atoms with Crippen LogP contribution < -0.4 is 0 Å². The summed E-state index contributed by atoms with van der Waals surface area (Å²) in [5.41, 5.74) is 1.04. The SMILES string of the molecule is CCOC(=O)CCC(C[P+](=O)CO)c1ccccc1. The highest BCUT2D eigenvalue weighted by Gasteiger charge is 2.24. The molecule has 0 aliphatic carbocycles. The highest BCUT2D eigenvalue weighted by Crippen LogP contribution is 2.32. The molecule has 0 amide bonds. The molecule has 104 valence electrons. The quantitative estimate of drug-likeness (QED) is 0.588. The normalized spacial score (nSPS) is 12.8. The van der Waals surface area contributed by atoms with Crippen LogP contribution in [0.15, 0.2) is 30.3 Å². The Morgan fingerprint density at radius 2 is 2.05 bits per heavy atom. The van der Waals surface area contributed by atoms with Gasteiger partial charge < -0.3 is 9.84 Å². The molecule has 0 heterocycles. The van der Waals surface area contributed by atoms with Crippen LogP contribution in [0, 0.1) is 0 Å². The minimum atomic E-state index is -1.63. The van der Waals surface area contributed by atoms with Crippen LogP contribution in [-0.4, -0.2) is 30.2 Å². The molecule has 0 saturated heterocycles. The van der Waals surface area contributed by atoms with Crippen LogP contribution in [0.4, 0.5) is 0 Å². The maximum absolute atomic E-state index is 11.5. The summed E-state index contributed by atoms with van der Waals surface area (Å²) in [7, 11) is -1.63. The molecule has 2 unspecified atom stereocenters. The number of esters is 1. The van der Waals surface area contributed by atoms with Gasteiger partial charge in [-0.1, -0.05) is 34.9 Å². The molecule has 0 bridgehead atoms. The average Bonchev–Trinajstić information content (AvgIpc) is 2.44. The summed E-state index contributed by atoms with van der Waals surface area (Å²) >= 11 is 0. The third-order valence-corrected chi connectivity index (χ3v) is 4.02. The number of carbonyl (C=O) groups is 1. The van der Waals surface area contributed by atoms with E-state index < -0.39 is 7.80 Å². The van der Waals surface area contributed by atoms with Crippen LogP contribution >= 0.6 is 7.80 Å². The Balaban J connectivity index is 2.65. The Morgan fingerprint density at radius 1 is 1.37 bits per heavy atom. The van der Waals surface area contributed by atoms with Gasteiger partial charge in [0.25, 0.3) is 0 Å². The Labute approximate surface area is 114 Å². The number of aliphatic hydroxyl groups excluding tert-OH is 1. The first-order valence-corrected chi connectivity index (χ1v) is 8.03. The van der Waals surface area contributed by atoms with Gasteiger partial charge in [0.2, 0.25) is 6.35 Å². The van der Waals surface area contributed by atoms with Gasteiger partial charge in [-0.25, -0.2) is 0 Å². The molecular weight excluding hydrogens is 263 g/mol. The number of aliphatic hydroxyl groups is 1. The van der Waals surface area contributed by atoms with Crippen molar-refractivity contribution in [1.29, 1.82) is 0 Å². The van der Waals surface area contributed by atoms with Gasteiger partial charge in [-0.05, 0) is 18.9 Å². The summed E-state index contributed by atoms with van der Waals surface area (Å²) in [6.45, 7) is 2.15. The van der Waals surface area contributed by atoms with Crippen molar-refractivity contribution in [2.45, 2.75) is 25.7 Å². The summed E-state index contributed by atoms with van der Waals surface area (Å²) < 4.78 is 16.4. The Kier molecular flexibility index (Phi) is 7.31. The smallest absolute Gasteiger partial charge is 0.367 e. The van der Waals surface area contributed by atoms with E-state index in [1.165, 1.54) is 0 Å². The molecule has 1 rings (SSSR count). The van der Waals surface area contributed by atoms with Gasteiger partial charge in [0.05, 0.1) is 6.61 Å². The van der Waals surface area contributed by atoms with Crippen molar-refractivity contribution in [3.8, 4) is 0 Å². The summed E-state index contributed by atoms with van der Waals surface area (Å²) in [6.07, 6.45) is 0.985. The first-order chi connectivity index (χ1) is 9.17. The minimum Gasteiger partial charge on any atom is -0.466 e. The third kappa shape index (κ3) is 5.95. The van der Waals surface area contributed by atoms with Crippen molar-refractivity contribution >= 4 is 13.8 Å². The van der Waals surface area contributed by atoms with Gasteiger partial charge in [-0.2, -0.15) is 0 Å². The molecule has 0 saturated carbocycles. The number of ether oxygens (including phenoxy) is 1. The van der Waals surface area contributed by atoms with Crippen molar-refractivity contribution in [2.24, 2.45) is 0 Å². The second-order valence-electron chi connectivity index (χ2n) is 4.26. The van der Waals surface area contributed by atoms with E-state index in [1.807, 2.05) is 30.3 Å². The van der Waals surface area contributed by atoms with E-state index in [0.29, 0.717) is 25.6 Å². The van der Waals surface area contributed by atoms with Gasteiger partial charge in [0, 0.05) is 12.3 Å². The maximum atomic E-state index is 11.5. The van der Waals surface area contributed by atoms with Gasteiger partial charge in [0.1, 0.15) is 0 Å². The van der Waals surface area contributed by atoms with Gasteiger partial charge in [-0.3, -0.25) is 4.79 Å². The van der Waals surface area contributed by atoms with Crippen LogP contribution in [0.5, 0.6) is 0 Å². The molecule has 0 radical (unpaired) electrons. The van der Waals surface area contributed by atoms with Crippen LogP contribution in [-0.2, 0) is 14.1 Å². The first-order valence-electron chi connectivity index (χ1n) is 6.40. The lowest BCUT2D eigenvalue weighted by molar-refractivity contribution is -0.143. The zero-order chi connectivity index (χ0) is 14.1. The van der Waals surface area contributed by atoms with E-state index in [2.05, 4.69) is 0 Å². The summed E-state index contributed by atoms with van der Waals surface area (Å²) in [5.74, 6) is -0.218. The Morgan fingerprint density at radius 3 is 2.63 bits per heavy atom. The summed E-state index contributed by atoms with van der Waals surface area (Å²) in [6, 6.07) is 9.65. The maximum Gasteiger partial charge on any atom is 0.367 e. The highest BCUT2D eigenvalue weighted by atomic mass is 31.1. The molecule has 0 aliphatic heterocycles. The fourth-order valence-electron chi connectivity index (χ4n) is 1.92. The van der Waals surface area contributed by atoms with Crippen molar-refractivity contribution in [3.63, 3.8) is 0 Å². The second kappa shape index (κ2) is 8.78. The van der Waals surface area contributed by atoms with Gasteiger partial charge >= 0.3 is 13.8 Å². The number of rotatable bonds is 8. The molecule has 0 aromatic heterocycles. The van der Waals surface area contributed by atoms with E-state index in [4.69, 9.17) is 9.84 Å². The molecule has 19 heavy (non-hydrogen) atoms. The largest absolute Gasteiger partial charge is 0.466 e. The number of hydrogen-bond acceptors (Lipinski definition) is 4. The standard InChI is InChI=1S/C14H20O4P/c1-2-18-14(16)9-8-13(10-19(17)11-15)12-6-4-3-5-7-12/h3-7,13,15H,2,8-11H2,1H3/q+1. The number of hydrogen-bond donors (Lipinski definition) is 1. The van der Waals surface area contributed by atoms with E-state index >= 15 is 0 Å². The van der Waals surface area contributed by atoms with Crippen molar-refractivity contribution in [2.75, 3.05) is 19.1 Å². The third-order valence-electron chi connectivity index (χ3n) is 2.85. The van der Waals surface area contributed by atoms with Gasteiger partial charge in [0.15, 0.2) is 6.16 Å². The minimum absolute atomic E-state index is 0.0152. The fourth-order valence-corrected chi connectivity index (χ4v) is 2.92. The molecular formula is C14H20O4P+. The van der Waals surface area contributed by atoms with Crippen LogP contribution in [0.25, 0.3) is 0 Å². The summed E-state index contributed by atoms with van der Waals surface area (Å²) in [5, 5.41) is 8.92. The Hall–Kier alpha value is -1.25. The lowest BCUT2D eigenvalue weighted by Crippen LogP contribution is -2.09. The van der Waals surface area contributed by atoms with E-state index in [1.54, 1.807) is 6.92 Å². The van der Waals surface area contributed by atoms with Crippen molar-refractivity contribution < 1.29 is 19.2 Å². The topological polar surface area (TPSA) is 63.6 Å². The van der Waals surface area contributed by atoms with Crippen LogP contribution in [0.1, 0.15) is 31.2 Å². The Bertz CT molecular complexity index is 405. The lowest BCUT2D eigenvalue weighted by Gasteiger charge is -2.12. The zero-order valence-electron chi connectivity index (χ0n) is 11.1. The molecule has 5 heteroatoms. The molecule has 2 atom stereocenters. The predicted octanol–water partition coefficient (Wildman–Crippen LogP) is 2.89. The highest BCUT2D eigenvalue weighted by molar-refractivity contribution is 7.44. The molecule has 0 spiro atoms. The lowest BCUT2D eigenvalue weighted by atomic mass is 9.96. The number of carbonyl (C=O) groups excluding carboxylic acids is 1. The predicted molar refractivity (Wildman–Crippen MR) is 74.6 cm³/mol. The zero-order valence-corrected chi connectivity index (χ0v) is 12.0. The first kappa shape index (κ1) is 15.8. The molecule has 0 fully saturated rings. The molecule has 1 aromatic carbocycles. The monoisotopic (exact) mass is 283 g/mol. The number of benzene rings is 1. The van der Waals surface area contributed by atoms with Gasteiger partial charge in [-0.15, -0.1) is 0 Å². The summed E-state index contributed by atoms with van der Waals surface area (Å²) in [4.78, 5) is 11.4. The molecule has 0 aliphatic rings. The van der Waals surface area contributed by atoms with E-state index in [-0.39, 0.29) is 18.2 Å². The molecule has 1 N–H and O–H groups in total. The average molecular weight is 283 g/mol.